The van der Waals surface area contributed by atoms with Gasteiger partial charge < -0.3 is 10.5 Å². The number of nitrogens with zero attached hydrogens (tertiary/aromatic N) is 1. The molecule has 1 rings (SSSR count). The highest BCUT2D eigenvalue weighted by Gasteiger charge is 2.24. The average Bonchev–Trinajstić information content (AvgIpc) is 2.38. The van der Waals surface area contributed by atoms with Crippen LogP contribution in [0.5, 0.6) is 0 Å². The lowest BCUT2D eigenvalue weighted by atomic mass is 10.0. The summed E-state index contributed by atoms with van der Waals surface area (Å²) in [6, 6.07) is 0.202. The van der Waals surface area contributed by atoms with Crippen molar-refractivity contribution in [1.29, 1.82) is 0 Å². The first-order chi connectivity index (χ1) is 8.27. The van der Waals surface area contributed by atoms with Gasteiger partial charge in [-0.15, -0.1) is 6.58 Å². The summed E-state index contributed by atoms with van der Waals surface area (Å²) in [5.41, 5.74) is 6.21. The maximum atomic E-state index is 6.21. The molecule has 0 aromatic carbocycles. The Hall–Kier alpha value is -0.380. The van der Waals surface area contributed by atoms with E-state index < -0.39 is 0 Å². The molecule has 1 saturated heterocycles. The van der Waals surface area contributed by atoms with Gasteiger partial charge in [0, 0.05) is 19.1 Å². The highest BCUT2D eigenvalue weighted by molar-refractivity contribution is 4.80. The molecule has 1 fully saturated rings. The number of unbranched alkanes of at least 4 members (excludes halogenated alkanes) is 3. The van der Waals surface area contributed by atoms with Gasteiger partial charge in [0.2, 0.25) is 0 Å². The second kappa shape index (κ2) is 8.67. The van der Waals surface area contributed by atoms with Crippen molar-refractivity contribution in [2.24, 2.45) is 5.73 Å². The van der Waals surface area contributed by atoms with E-state index >= 15 is 0 Å². The van der Waals surface area contributed by atoms with E-state index in [-0.39, 0.29) is 12.1 Å². The van der Waals surface area contributed by atoms with Gasteiger partial charge in [-0.25, -0.2) is 0 Å². The van der Waals surface area contributed by atoms with Crippen molar-refractivity contribution in [1.82, 2.24) is 4.90 Å². The van der Waals surface area contributed by atoms with E-state index in [1.165, 1.54) is 19.3 Å². The summed E-state index contributed by atoms with van der Waals surface area (Å²) in [5, 5.41) is 0. The third kappa shape index (κ3) is 5.66. The summed E-state index contributed by atoms with van der Waals surface area (Å²) < 4.78 is 5.77. The minimum atomic E-state index is 0.202. The fourth-order valence-electron chi connectivity index (χ4n) is 2.31. The van der Waals surface area contributed by atoms with Gasteiger partial charge >= 0.3 is 0 Å². The number of ether oxygens (including phenoxy) is 1. The maximum absolute atomic E-state index is 6.21. The molecule has 0 bridgehead atoms. The second-order valence-electron chi connectivity index (χ2n) is 4.89. The van der Waals surface area contributed by atoms with Gasteiger partial charge in [0.25, 0.3) is 0 Å². The molecule has 2 atom stereocenters. The van der Waals surface area contributed by atoms with E-state index in [0.717, 1.165) is 39.1 Å². The number of nitrogens with two attached hydrogens (primary N) is 1. The van der Waals surface area contributed by atoms with Crippen molar-refractivity contribution in [2.45, 2.75) is 51.2 Å². The summed E-state index contributed by atoms with van der Waals surface area (Å²) in [7, 11) is 0. The zero-order valence-corrected chi connectivity index (χ0v) is 11.2. The van der Waals surface area contributed by atoms with Gasteiger partial charge in [0.1, 0.15) is 0 Å². The Bertz CT molecular complexity index is 208. The van der Waals surface area contributed by atoms with Crippen molar-refractivity contribution < 1.29 is 4.74 Å². The minimum absolute atomic E-state index is 0.202. The van der Waals surface area contributed by atoms with Gasteiger partial charge in [-0.1, -0.05) is 25.8 Å². The maximum Gasteiger partial charge on any atom is 0.0853 e. The predicted octanol–water partition coefficient (Wildman–Crippen LogP) is 2.17. The summed E-state index contributed by atoms with van der Waals surface area (Å²) >= 11 is 0. The topological polar surface area (TPSA) is 38.5 Å². The number of hydrogen-bond donors (Lipinski definition) is 1. The summed E-state index contributed by atoms with van der Waals surface area (Å²) in [6.45, 7) is 9.93. The minimum Gasteiger partial charge on any atom is -0.374 e. The summed E-state index contributed by atoms with van der Waals surface area (Å²) in [4.78, 5) is 2.42. The first-order valence-corrected chi connectivity index (χ1v) is 6.98. The molecule has 0 aromatic rings. The lowest BCUT2D eigenvalue weighted by molar-refractivity contribution is -0.0400. The van der Waals surface area contributed by atoms with Crippen molar-refractivity contribution in [3.05, 3.63) is 12.7 Å². The van der Waals surface area contributed by atoms with Crippen molar-refractivity contribution in [3.63, 3.8) is 0 Å². The quantitative estimate of drug-likeness (QED) is 0.522. The smallest absolute Gasteiger partial charge is 0.0853 e. The molecule has 1 aliphatic heterocycles. The predicted molar refractivity (Wildman–Crippen MR) is 73.1 cm³/mol. The second-order valence-corrected chi connectivity index (χ2v) is 4.89. The SMILES string of the molecule is C=CCCCCCC(N)C1CN(CC)CCO1. The molecule has 0 amide bonds. The average molecular weight is 240 g/mol. The Labute approximate surface area is 106 Å². The largest absolute Gasteiger partial charge is 0.374 e. The van der Waals surface area contributed by atoms with Gasteiger partial charge in [-0.2, -0.15) is 0 Å². The zero-order valence-electron chi connectivity index (χ0n) is 11.2. The molecule has 0 saturated carbocycles. The highest BCUT2D eigenvalue weighted by atomic mass is 16.5. The monoisotopic (exact) mass is 240 g/mol. The molecule has 0 aliphatic carbocycles. The summed E-state index contributed by atoms with van der Waals surface area (Å²) in [6.07, 6.45) is 8.14. The number of likely N-dealkylation sites (N-methyl/N-ethyl adjacent to an activating group) is 1. The Morgan fingerprint density at radius 2 is 2.29 bits per heavy atom. The van der Waals surface area contributed by atoms with Crippen LogP contribution in [-0.2, 0) is 4.74 Å². The van der Waals surface area contributed by atoms with Gasteiger partial charge in [0.15, 0.2) is 0 Å². The van der Waals surface area contributed by atoms with E-state index in [2.05, 4.69) is 18.4 Å². The van der Waals surface area contributed by atoms with Crippen molar-refractivity contribution in [3.8, 4) is 0 Å². The fraction of sp³-hybridized carbons (Fsp3) is 0.857. The van der Waals surface area contributed by atoms with E-state index in [9.17, 15) is 0 Å². The molecule has 2 unspecified atom stereocenters. The van der Waals surface area contributed by atoms with Crippen LogP contribution in [0.4, 0.5) is 0 Å². The lowest BCUT2D eigenvalue weighted by Gasteiger charge is -2.35. The van der Waals surface area contributed by atoms with Crippen LogP contribution in [0.15, 0.2) is 12.7 Å². The first-order valence-electron chi connectivity index (χ1n) is 6.98. The molecular weight excluding hydrogens is 212 g/mol. The fourth-order valence-corrected chi connectivity index (χ4v) is 2.31. The van der Waals surface area contributed by atoms with Gasteiger partial charge in [-0.05, 0) is 25.8 Å². The van der Waals surface area contributed by atoms with Gasteiger partial charge in [0.05, 0.1) is 12.7 Å². The van der Waals surface area contributed by atoms with Crippen LogP contribution in [0.1, 0.15) is 39.0 Å². The number of hydrogen-bond acceptors (Lipinski definition) is 3. The summed E-state index contributed by atoms with van der Waals surface area (Å²) in [5.74, 6) is 0. The first kappa shape index (κ1) is 14.7. The Kier molecular flexibility index (Phi) is 7.49. The molecule has 2 N–H and O–H groups in total. The molecule has 3 heteroatoms. The molecular formula is C14H28N2O. The number of morpholine rings is 1. The van der Waals surface area contributed by atoms with Crippen LogP contribution >= 0.6 is 0 Å². The normalized spacial score (nSPS) is 23.5. The molecule has 1 heterocycles. The van der Waals surface area contributed by atoms with Crippen LogP contribution in [0, 0.1) is 0 Å². The van der Waals surface area contributed by atoms with Crippen LogP contribution in [-0.4, -0.2) is 43.3 Å². The van der Waals surface area contributed by atoms with E-state index in [1.54, 1.807) is 0 Å². The lowest BCUT2D eigenvalue weighted by Crippen LogP contribution is -2.50. The number of allylic oxidation sites excluding steroid dienone is 1. The molecule has 0 spiro atoms. The van der Waals surface area contributed by atoms with Crippen LogP contribution in [0.2, 0.25) is 0 Å². The Morgan fingerprint density at radius 3 is 3.00 bits per heavy atom. The van der Waals surface area contributed by atoms with Crippen LogP contribution in [0.3, 0.4) is 0 Å². The van der Waals surface area contributed by atoms with Gasteiger partial charge in [-0.3, -0.25) is 4.90 Å². The third-order valence-electron chi connectivity index (χ3n) is 3.55. The molecule has 17 heavy (non-hydrogen) atoms. The molecule has 1 aliphatic rings. The van der Waals surface area contributed by atoms with Crippen molar-refractivity contribution >= 4 is 0 Å². The Balaban J connectivity index is 2.13. The number of rotatable bonds is 8. The standard InChI is InChI=1S/C14H28N2O/c1-3-5-6-7-8-9-13(15)14-12-16(4-2)10-11-17-14/h3,13-14H,1,4-12,15H2,2H3. The Morgan fingerprint density at radius 1 is 1.47 bits per heavy atom. The van der Waals surface area contributed by atoms with E-state index in [4.69, 9.17) is 10.5 Å². The zero-order chi connectivity index (χ0) is 12.5. The van der Waals surface area contributed by atoms with Crippen LogP contribution < -0.4 is 5.73 Å². The molecule has 0 radical (unpaired) electrons. The molecule has 0 aromatic heterocycles. The molecule has 100 valence electrons. The van der Waals surface area contributed by atoms with E-state index in [0.29, 0.717) is 0 Å². The van der Waals surface area contributed by atoms with Crippen molar-refractivity contribution in [2.75, 3.05) is 26.2 Å². The third-order valence-corrected chi connectivity index (χ3v) is 3.55. The van der Waals surface area contributed by atoms with Crippen LogP contribution in [0.25, 0.3) is 0 Å². The highest BCUT2D eigenvalue weighted by Crippen LogP contribution is 2.13. The van der Waals surface area contributed by atoms with E-state index in [1.807, 2.05) is 6.08 Å². The molecule has 3 nitrogen and oxygen atoms in total.